The molecule has 1 aromatic rings. The van der Waals surface area contributed by atoms with Crippen molar-refractivity contribution < 1.29 is 4.92 Å². The molecule has 2 unspecified atom stereocenters. The van der Waals surface area contributed by atoms with Crippen molar-refractivity contribution in [2.24, 2.45) is 0 Å². The number of nitro groups is 1. The van der Waals surface area contributed by atoms with Crippen LogP contribution in [0.15, 0.2) is 18.2 Å². The van der Waals surface area contributed by atoms with Crippen molar-refractivity contribution in [1.82, 2.24) is 5.32 Å². The summed E-state index contributed by atoms with van der Waals surface area (Å²) in [6, 6.07) is 5.39. The van der Waals surface area contributed by atoms with Crippen LogP contribution in [0.3, 0.4) is 0 Å². The SMILES string of the molecule is CC1CN(c2ccc([N+](=O)[O-])cc2Cl)CC(C)N1.Cl. The smallest absolute Gasteiger partial charge is 0.271 e. The second kappa shape index (κ2) is 6.41. The van der Waals surface area contributed by atoms with E-state index in [1.54, 1.807) is 6.07 Å². The van der Waals surface area contributed by atoms with Crippen molar-refractivity contribution in [3.8, 4) is 0 Å². The summed E-state index contributed by atoms with van der Waals surface area (Å²) in [6.07, 6.45) is 0. The van der Waals surface area contributed by atoms with E-state index in [9.17, 15) is 10.1 Å². The van der Waals surface area contributed by atoms with E-state index in [4.69, 9.17) is 11.6 Å². The van der Waals surface area contributed by atoms with Crippen LogP contribution in [0.5, 0.6) is 0 Å². The molecule has 19 heavy (non-hydrogen) atoms. The minimum Gasteiger partial charge on any atom is -0.367 e. The van der Waals surface area contributed by atoms with Gasteiger partial charge in [-0.25, -0.2) is 0 Å². The van der Waals surface area contributed by atoms with E-state index in [2.05, 4.69) is 24.1 Å². The zero-order chi connectivity index (χ0) is 13.3. The Morgan fingerprint density at radius 3 is 2.42 bits per heavy atom. The van der Waals surface area contributed by atoms with E-state index in [-0.39, 0.29) is 18.1 Å². The number of hydrogen-bond donors (Lipinski definition) is 1. The maximum Gasteiger partial charge on any atom is 0.271 e. The largest absolute Gasteiger partial charge is 0.367 e. The molecule has 0 saturated carbocycles. The number of halogens is 2. The number of piperazine rings is 1. The van der Waals surface area contributed by atoms with Crippen molar-refractivity contribution in [3.63, 3.8) is 0 Å². The van der Waals surface area contributed by atoms with Gasteiger partial charge in [0.25, 0.3) is 5.69 Å². The van der Waals surface area contributed by atoms with E-state index < -0.39 is 4.92 Å². The van der Waals surface area contributed by atoms with E-state index in [0.29, 0.717) is 17.1 Å². The molecule has 0 aliphatic carbocycles. The highest BCUT2D eigenvalue weighted by molar-refractivity contribution is 6.33. The Hall–Kier alpha value is -1.04. The molecule has 106 valence electrons. The summed E-state index contributed by atoms with van der Waals surface area (Å²) in [4.78, 5) is 12.4. The third-order valence-corrected chi connectivity index (χ3v) is 3.34. The Bertz CT molecular complexity index is 460. The number of nitro benzene ring substituents is 1. The molecule has 1 heterocycles. The number of anilines is 1. The Morgan fingerprint density at radius 1 is 1.37 bits per heavy atom. The van der Waals surface area contributed by atoms with Gasteiger partial charge in [-0.05, 0) is 19.9 Å². The topological polar surface area (TPSA) is 58.4 Å². The van der Waals surface area contributed by atoms with Gasteiger partial charge in [0.1, 0.15) is 0 Å². The van der Waals surface area contributed by atoms with E-state index >= 15 is 0 Å². The first-order valence-electron chi connectivity index (χ1n) is 5.92. The van der Waals surface area contributed by atoms with Gasteiger partial charge < -0.3 is 10.2 Å². The molecule has 1 aliphatic heterocycles. The normalized spacial score (nSPS) is 22.8. The quantitative estimate of drug-likeness (QED) is 0.674. The lowest BCUT2D eigenvalue weighted by Gasteiger charge is -2.38. The molecule has 1 aromatic carbocycles. The fourth-order valence-electron chi connectivity index (χ4n) is 2.39. The van der Waals surface area contributed by atoms with Gasteiger partial charge in [-0.1, -0.05) is 11.6 Å². The van der Waals surface area contributed by atoms with Gasteiger partial charge in [0.15, 0.2) is 0 Å². The highest BCUT2D eigenvalue weighted by Crippen LogP contribution is 2.30. The Morgan fingerprint density at radius 2 is 1.95 bits per heavy atom. The lowest BCUT2D eigenvalue weighted by molar-refractivity contribution is -0.384. The minimum atomic E-state index is -0.432. The summed E-state index contributed by atoms with van der Waals surface area (Å²) < 4.78 is 0. The monoisotopic (exact) mass is 305 g/mol. The molecule has 1 fully saturated rings. The number of rotatable bonds is 2. The van der Waals surface area contributed by atoms with Gasteiger partial charge in [-0.2, -0.15) is 0 Å². The molecule has 0 aromatic heterocycles. The Balaban J connectivity index is 0.00000180. The lowest BCUT2D eigenvalue weighted by atomic mass is 10.1. The zero-order valence-electron chi connectivity index (χ0n) is 10.8. The molecule has 1 N–H and O–H groups in total. The fourth-order valence-corrected chi connectivity index (χ4v) is 2.68. The molecule has 2 rings (SSSR count). The highest BCUT2D eigenvalue weighted by Gasteiger charge is 2.23. The molecule has 1 aliphatic rings. The number of nitrogens with one attached hydrogen (secondary N) is 1. The van der Waals surface area contributed by atoms with Gasteiger partial charge >= 0.3 is 0 Å². The predicted octanol–water partition coefficient (Wildman–Crippen LogP) is 2.86. The molecule has 7 heteroatoms. The first-order chi connectivity index (χ1) is 8.47. The van der Waals surface area contributed by atoms with Crippen molar-refractivity contribution in [1.29, 1.82) is 0 Å². The van der Waals surface area contributed by atoms with Gasteiger partial charge in [0.05, 0.1) is 15.6 Å². The van der Waals surface area contributed by atoms with Crippen molar-refractivity contribution in [2.45, 2.75) is 25.9 Å². The van der Waals surface area contributed by atoms with Crippen LogP contribution in [-0.4, -0.2) is 30.1 Å². The summed E-state index contributed by atoms with van der Waals surface area (Å²) in [5.74, 6) is 0. The van der Waals surface area contributed by atoms with Gasteiger partial charge in [-0.15, -0.1) is 12.4 Å². The molecular weight excluding hydrogens is 289 g/mol. The Kier molecular flexibility index (Phi) is 5.40. The molecular formula is C12H17Cl2N3O2. The van der Waals surface area contributed by atoms with Crippen LogP contribution in [0.25, 0.3) is 0 Å². The summed E-state index contributed by atoms with van der Waals surface area (Å²) in [7, 11) is 0. The average Bonchev–Trinajstić information content (AvgIpc) is 2.27. The molecule has 2 atom stereocenters. The van der Waals surface area contributed by atoms with E-state index in [1.807, 2.05) is 0 Å². The van der Waals surface area contributed by atoms with Crippen LogP contribution in [0.4, 0.5) is 11.4 Å². The lowest BCUT2D eigenvalue weighted by Crippen LogP contribution is -2.54. The minimum absolute atomic E-state index is 0. The summed E-state index contributed by atoms with van der Waals surface area (Å²) >= 11 is 6.14. The second-order valence-corrected chi connectivity index (χ2v) is 5.17. The number of non-ortho nitro benzene ring substituents is 1. The highest BCUT2D eigenvalue weighted by atomic mass is 35.5. The molecule has 0 amide bonds. The second-order valence-electron chi connectivity index (χ2n) is 4.77. The maximum atomic E-state index is 10.7. The van der Waals surface area contributed by atoms with Crippen molar-refractivity contribution in [3.05, 3.63) is 33.3 Å². The van der Waals surface area contributed by atoms with Crippen LogP contribution >= 0.6 is 24.0 Å². The molecule has 0 bridgehead atoms. The predicted molar refractivity (Wildman–Crippen MR) is 79.6 cm³/mol. The number of hydrogen-bond acceptors (Lipinski definition) is 4. The fraction of sp³-hybridized carbons (Fsp3) is 0.500. The number of benzene rings is 1. The van der Waals surface area contributed by atoms with E-state index in [1.165, 1.54) is 12.1 Å². The maximum absolute atomic E-state index is 10.7. The van der Waals surface area contributed by atoms with Crippen LogP contribution in [0.2, 0.25) is 5.02 Å². The number of nitrogens with zero attached hydrogens (tertiary/aromatic N) is 2. The zero-order valence-corrected chi connectivity index (χ0v) is 12.4. The first-order valence-corrected chi connectivity index (χ1v) is 6.30. The molecule has 1 saturated heterocycles. The van der Waals surface area contributed by atoms with Gasteiger partial charge in [0, 0.05) is 37.3 Å². The van der Waals surface area contributed by atoms with Crippen LogP contribution in [-0.2, 0) is 0 Å². The molecule has 5 nitrogen and oxygen atoms in total. The van der Waals surface area contributed by atoms with Gasteiger partial charge in [-0.3, -0.25) is 10.1 Å². The summed E-state index contributed by atoms with van der Waals surface area (Å²) in [6.45, 7) is 5.92. The van der Waals surface area contributed by atoms with Gasteiger partial charge in [0.2, 0.25) is 0 Å². The molecule has 0 radical (unpaired) electrons. The third-order valence-electron chi connectivity index (χ3n) is 3.04. The van der Waals surface area contributed by atoms with Crippen LogP contribution in [0, 0.1) is 10.1 Å². The standard InChI is InChI=1S/C12H16ClN3O2.ClH/c1-8-6-15(7-9(2)14-8)12-4-3-10(16(17)18)5-11(12)13;/h3-5,8-9,14H,6-7H2,1-2H3;1H. The van der Waals surface area contributed by atoms with Crippen molar-refractivity contribution in [2.75, 3.05) is 18.0 Å². The van der Waals surface area contributed by atoms with E-state index in [0.717, 1.165) is 18.8 Å². The summed E-state index contributed by atoms with van der Waals surface area (Å²) in [5, 5.41) is 14.5. The summed E-state index contributed by atoms with van der Waals surface area (Å²) in [5.41, 5.74) is 0.891. The first kappa shape index (κ1) is 16.0. The average molecular weight is 306 g/mol. The Labute approximate surface area is 123 Å². The third kappa shape index (κ3) is 3.72. The van der Waals surface area contributed by atoms with Crippen molar-refractivity contribution >= 4 is 35.4 Å². The van der Waals surface area contributed by atoms with Crippen LogP contribution in [0.1, 0.15) is 13.8 Å². The van der Waals surface area contributed by atoms with Crippen LogP contribution < -0.4 is 10.2 Å². The molecule has 0 spiro atoms.